The van der Waals surface area contributed by atoms with Crippen LogP contribution in [-0.4, -0.2) is 14.8 Å². The molecule has 0 bridgehead atoms. The maximum absolute atomic E-state index is 14.5. The van der Waals surface area contributed by atoms with Gasteiger partial charge in [0.15, 0.2) is 0 Å². The Morgan fingerprint density at radius 2 is 1.92 bits per heavy atom. The first-order chi connectivity index (χ1) is 12.5. The first kappa shape index (κ1) is 16.8. The van der Waals surface area contributed by atoms with Gasteiger partial charge in [0.1, 0.15) is 18.2 Å². The van der Waals surface area contributed by atoms with Gasteiger partial charge in [0, 0.05) is 16.3 Å². The molecule has 0 fully saturated rings. The lowest BCUT2D eigenvalue weighted by molar-refractivity contribution is 0.551. The molecule has 0 amide bonds. The van der Waals surface area contributed by atoms with Gasteiger partial charge in [0.25, 0.3) is 0 Å². The number of hydrogen-bond donors (Lipinski definition) is 1. The van der Waals surface area contributed by atoms with Crippen LogP contribution in [0.15, 0.2) is 54.9 Å². The van der Waals surface area contributed by atoms with Gasteiger partial charge in [-0.3, -0.25) is 0 Å². The van der Waals surface area contributed by atoms with E-state index in [1.165, 1.54) is 18.0 Å². The zero-order chi connectivity index (χ0) is 18.3. The Kier molecular flexibility index (Phi) is 4.24. The molecule has 3 aromatic rings. The summed E-state index contributed by atoms with van der Waals surface area (Å²) >= 11 is 6.29. The fourth-order valence-corrected chi connectivity index (χ4v) is 3.42. The zero-order valence-electron chi connectivity index (χ0n) is 14.4. The smallest absolute Gasteiger partial charge is 0.226 e. The standard InChI is InChI=1S/C20H18ClFN4/c1-12(2)13-6-8-14(9-7-13)17-10-18(26-20(25-17)23-11-24-26)19-15(21)4-3-5-16(19)22/h3-12,18H,1-2H3,(H,23,24,25)/t18-/m1/s1. The molecule has 132 valence electrons. The Balaban J connectivity index is 1.81. The van der Waals surface area contributed by atoms with Gasteiger partial charge in [-0.1, -0.05) is 55.8 Å². The summed E-state index contributed by atoms with van der Waals surface area (Å²) in [5.41, 5.74) is 3.51. The molecule has 2 heterocycles. The van der Waals surface area contributed by atoms with Crippen molar-refractivity contribution in [2.24, 2.45) is 0 Å². The highest BCUT2D eigenvalue weighted by atomic mass is 35.5. The third-order valence-corrected chi connectivity index (χ3v) is 4.92. The monoisotopic (exact) mass is 368 g/mol. The van der Waals surface area contributed by atoms with Crippen LogP contribution >= 0.6 is 11.6 Å². The highest BCUT2D eigenvalue weighted by Crippen LogP contribution is 2.36. The molecule has 1 aromatic heterocycles. The minimum absolute atomic E-state index is 0.364. The number of aromatic nitrogens is 3. The number of halogens is 2. The van der Waals surface area contributed by atoms with Crippen LogP contribution < -0.4 is 5.32 Å². The number of nitrogens with zero attached hydrogens (tertiary/aromatic N) is 3. The lowest BCUT2D eigenvalue weighted by Crippen LogP contribution is -2.21. The molecule has 0 saturated carbocycles. The highest BCUT2D eigenvalue weighted by Gasteiger charge is 2.27. The molecular formula is C20H18ClFN4. The van der Waals surface area contributed by atoms with Crippen molar-refractivity contribution in [2.75, 3.05) is 5.32 Å². The lowest BCUT2D eigenvalue weighted by atomic mass is 9.98. The molecule has 1 atom stereocenters. The average molecular weight is 369 g/mol. The van der Waals surface area contributed by atoms with Crippen molar-refractivity contribution >= 4 is 23.2 Å². The normalized spacial score (nSPS) is 16.2. The molecule has 1 N–H and O–H groups in total. The number of nitrogens with one attached hydrogen (secondary N) is 1. The summed E-state index contributed by atoms with van der Waals surface area (Å²) in [5, 5.41) is 7.87. The predicted octanol–water partition coefficient (Wildman–Crippen LogP) is 5.25. The SMILES string of the molecule is CC(C)c1ccc(C2=C[C@H](c3c(F)cccc3Cl)n3ncnc3N2)cc1. The molecule has 0 radical (unpaired) electrons. The van der Waals surface area contributed by atoms with E-state index in [2.05, 4.69) is 53.5 Å². The summed E-state index contributed by atoms with van der Waals surface area (Å²) in [5.74, 6) is 0.654. The second kappa shape index (κ2) is 6.57. The molecular weight excluding hydrogens is 351 g/mol. The topological polar surface area (TPSA) is 42.7 Å². The van der Waals surface area contributed by atoms with Crippen LogP contribution in [-0.2, 0) is 0 Å². The summed E-state index contributed by atoms with van der Waals surface area (Å²) in [6.07, 6.45) is 3.37. The van der Waals surface area contributed by atoms with Crippen molar-refractivity contribution in [1.82, 2.24) is 14.8 Å². The quantitative estimate of drug-likeness (QED) is 0.686. The number of rotatable bonds is 3. The minimum atomic E-state index is -0.470. The van der Waals surface area contributed by atoms with Gasteiger partial charge in [-0.2, -0.15) is 10.1 Å². The van der Waals surface area contributed by atoms with Gasteiger partial charge in [0.2, 0.25) is 5.95 Å². The van der Waals surface area contributed by atoms with Gasteiger partial charge in [-0.05, 0) is 35.3 Å². The number of allylic oxidation sites excluding steroid dienone is 1. The van der Waals surface area contributed by atoms with Gasteiger partial charge >= 0.3 is 0 Å². The first-order valence-corrected chi connectivity index (χ1v) is 8.85. The maximum Gasteiger partial charge on any atom is 0.226 e. The Labute approximate surface area is 156 Å². The first-order valence-electron chi connectivity index (χ1n) is 8.47. The second-order valence-electron chi connectivity index (χ2n) is 6.59. The van der Waals surface area contributed by atoms with Crippen molar-refractivity contribution in [3.63, 3.8) is 0 Å². The average Bonchev–Trinajstić information content (AvgIpc) is 3.10. The molecule has 1 aliphatic rings. The Hall–Kier alpha value is -2.66. The molecule has 0 aliphatic carbocycles. The van der Waals surface area contributed by atoms with Crippen molar-refractivity contribution in [2.45, 2.75) is 25.8 Å². The molecule has 1 aliphatic heterocycles. The number of anilines is 1. The molecule has 0 unspecified atom stereocenters. The molecule has 0 spiro atoms. The summed E-state index contributed by atoms with van der Waals surface area (Å²) in [4.78, 5) is 4.25. The van der Waals surface area contributed by atoms with E-state index in [4.69, 9.17) is 11.6 Å². The van der Waals surface area contributed by atoms with E-state index in [0.717, 1.165) is 11.3 Å². The number of benzene rings is 2. The van der Waals surface area contributed by atoms with Crippen LogP contribution in [0.25, 0.3) is 5.70 Å². The molecule has 0 saturated heterocycles. The van der Waals surface area contributed by atoms with Crippen molar-refractivity contribution in [3.05, 3.63) is 82.4 Å². The third kappa shape index (κ3) is 2.88. The van der Waals surface area contributed by atoms with E-state index in [1.54, 1.807) is 16.8 Å². The minimum Gasteiger partial charge on any atom is -0.324 e. The van der Waals surface area contributed by atoms with Crippen LogP contribution in [0.4, 0.5) is 10.3 Å². The van der Waals surface area contributed by atoms with E-state index in [9.17, 15) is 4.39 Å². The Morgan fingerprint density at radius 3 is 2.62 bits per heavy atom. The molecule has 26 heavy (non-hydrogen) atoms. The molecule has 2 aromatic carbocycles. The van der Waals surface area contributed by atoms with Crippen LogP contribution in [0.3, 0.4) is 0 Å². The van der Waals surface area contributed by atoms with Gasteiger partial charge in [0.05, 0.1) is 0 Å². The maximum atomic E-state index is 14.5. The molecule has 4 nitrogen and oxygen atoms in total. The molecule has 4 rings (SSSR count). The lowest BCUT2D eigenvalue weighted by Gasteiger charge is -2.25. The van der Waals surface area contributed by atoms with Gasteiger partial charge in [-0.25, -0.2) is 9.07 Å². The van der Waals surface area contributed by atoms with E-state index >= 15 is 0 Å². The largest absolute Gasteiger partial charge is 0.324 e. The Morgan fingerprint density at radius 1 is 1.15 bits per heavy atom. The Bertz CT molecular complexity index is 955. The summed E-state index contributed by atoms with van der Waals surface area (Å²) < 4.78 is 16.1. The third-order valence-electron chi connectivity index (χ3n) is 4.59. The van der Waals surface area contributed by atoms with Crippen molar-refractivity contribution in [3.8, 4) is 0 Å². The summed E-state index contributed by atoms with van der Waals surface area (Å²) in [7, 11) is 0. The van der Waals surface area contributed by atoms with Gasteiger partial charge in [-0.15, -0.1) is 0 Å². The van der Waals surface area contributed by atoms with E-state index < -0.39 is 6.04 Å². The van der Waals surface area contributed by atoms with Crippen molar-refractivity contribution in [1.29, 1.82) is 0 Å². The molecule has 6 heteroatoms. The van der Waals surface area contributed by atoms with E-state index in [-0.39, 0.29) is 5.82 Å². The van der Waals surface area contributed by atoms with E-state index in [1.807, 2.05) is 6.08 Å². The predicted molar refractivity (Wildman–Crippen MR) is 102 cm³/mol. The second-order valence-corrected chi connectivity index (χ2v) is 7.00. The fourth-order valence-electron chi connectivity index (χ4n) is 3.15. The zero-order valence-corrected chi connectivity index (χ0v) is 15.2. The summed E-state index contributed by atoms with van der Waals surface area (Å²) in [6, 6.07) is 12.5. The van der Waals surface area contributed by atoms with Crippen LogP contribution in [0, 0.1) is 5.82 Å². The van der Waals surface area contributed by atoms with Crippen LogP contribution in [0.5, 0.6) is 0 Å². The van der Waals surface area contributed by atoms with E-state index in [0.29, 0.717) is 22.5 Å². The van der Waals surface area contributed by atoms with Crippen LogP contribution in [0.1, 0.15) is 42.5 Å². The number of hydrogen-bond acceptors (Lipinski definition) is 3. The number of fused-ring (bicyclic) bond motifs is 1. The van der Waals surface area contributed by atoms with Gasteiger partial charge < -0.3 is 5.32 Å². The fraction of sp³-hybridized carbons (Fsp3) is 0.200. The summed E-state index contributed by atoms with van der Waals surface area (Å²) in [6.45, 7) is 4.32. The highest BCUT2D eigenvalue weighted by molar-refractivity contribution is 6.31. The van der Waals surface area contributed by atoms with Crippen LogP contribution in [0.2, 0.25) is 5.02 Å². The van der Waals surface area contributed by atoms with Crippen molar-refractivity contribution < 1.29 is 4.39 Å².